The molecule has 1 fully saturated rings. The van der Waals surface area contributed by atoms with Gasteiger partial charge in [0.2, 0.25) is 0 Å². The minimum Gasteiger partial charge on any atom is -0.436 e. The van der Waals surface area contributed by atoms with Crippen LogP contribution in [0.25, 0.3) is 10.9 Å². The van der Waals surface area contributed by atoms with Gasteiger partial charge in [-0.25, -0.2) is 4.98 Å². The lowest BCUT2D eigenvalue weighted by molar-refractivity contribution is -0.0529. The standard InChI is InChI=1S/C15H18N2O2/c1-2-7-13(8-3-1)18-11-19-15-16-10-12-6-4-5-9-14(12)17-15/h4-6,9-10,13H,1-3,7-8,11H2. The Balaban J connectivity index is 1.56. The van der Waals surface area contributed by atoms with Crippen molar-refractivity contribution < 1.29 is 9.47 Å². The summed E-state index contributed by atoms with van der Waals surface area (Å²) in [4.78, 5) is 8.52. The first-order valence-corrected chi connectivity index (χ1v) is 6.88. The second-order valence-corrected chi connectivity index (χ2v) is 4.90. The molecule has 0 bridgehead atoms. The summed E-state index contributed by atoms with van der Waals surface area (Å²) in [5, 5.41) is 1.02. The minimum atomic E-state index is 0.239. The lowest BCUT2D eigenvalue weighted by Gasteiger charge is -2.21. The van der Waals surface area contributed by atoms with Gasteiger partial charge >= 0.3 is 6.01 Å². The Bertz CT molecular complexity index is 538. The Hall–Kier alpha value is -1.68. The number of fused-ring (bicyclic) bond motifs is 1. The fourth-order valence-corrected chi connectivity index (χ4v) is 2.44. The molecule has 0 radical (unpaired) electrons. The smallest absolute Gasteiger partial charge is 0.319 e. The molecule has 0 unspecified atom stereocenters. The SMILES string of the molecule is c1ccc2nc(OCOC3CCCCC3)ncc2c1. The van der Waals surface area contributed by atoms with Gasteiger partial charge in [-0.1, -0.05) is 37.5 Å². The number of nitrogens with zero attached hydrogens (tertiary/aromatic N) is 2. The van der Waals surface area contributed by atoms with E-state index in [2.05, 4.69) is 9.97 Å². The van der Waals surface area contributed by atoms with Crippen LogP contribution in [0.4, 0.5) is 0 Å². The number of hydrogen-bond donors (Lipinski definition) is 0. The van der Waals surface area contributed by atoms with Gasteiger partial charge in [0, 0.05) is 11.6 Å². The molecular formula is C15H18N2O2. The molecule has 0 amide bonds. The second-order valence-electron chi connectivity index (χ2n) is 4.90. The van der Waals surface area contributed by atoms with Crippen molar-refractivity contribution >= 4 is 10.9 Å². The van der Waals surface area contributed by atoms with Gasteiger partial charge in [-0.05, 0) is 18.9 Å². The molecule has 3 rings (SSSR count). The molecule has 100 valence electrons. The van der Waals surface area contributed by atoms with Crippen LogP contribution >= 0.6 is 0 Å². The van der Waals surface area contributed by atoms with Gasteiger partial charge in [0.05, 0.1) is 11.6 Å². The van der Waals surface area contributed by atoms with E-state index in [0.29, 0.717) is 12.1 Å². The van der Waals surface area contributed by atoms with E-state index in [4.69, 9.17) is 9.47 Å². The van der Waals surface area contributed by atoms with Gasteiger partial charge in [0.15, 0.2) is 6.79 Å². The quantitative estimate of drug-likeness (QED) is 0.789. The molecule has 4 nitrogen and oxygen atoms in total. The summed E-state index contributed by atoms with van der Waals surface area (Å²) >= 11 is 0. The minimum absolute atomic E-state index is 0.239. The summed E-state index contributed by atoms with van der Waals surface area (Å²) in [5.74, 6) is 0. The summed E-state index contributed by atoms with van der Waals surface area (Å²) in [6, 6.07) is 8.24. The summed E-state index contributed by atoms with van der Waals surface area (Å²) < 4.78 is 11.2. The van der Waals surface area contributed by atoms with Gasteiger partial charge in [-0.3, -0.25) is 0 Å². The van der Waals surface area contributed by atoms with Gasteiger partial charge < -0.3 is 9.47 Å². The molecule has 1 aliphatic rings. The van der Waals surface area contributed by atoms with Crippen LogP contribution in [-0.4, -0.2) is 22.9 Å². The number of benzene rings is 1. The Morgan fingerprint density at radius 2 is 1.95 bits per heavy atom. The zero-order valence-corrected chi connectivity index (χ0v) is 10.9. The maximum Gasteiger partial charge on any atom is 0.319 e. The molecule has 0 N–H and O–H groups in total. The van der Waals surface area contributed by atoms with Gasteiger partial charge in [0.25, 0.3) is 0 Å². The second kappa shape index (κ2) is 5.97. The Morgan fingerprint density at radius 3 is 2.84 bits per heavy atom. The molecule has 1 saturated carbocycles. The van der Waals surface area contributed by atoms with E-state index < -0.39 is 0 Å². The molecule has 2 aromatic rings. The van der Waals surface area contributed by atoms with Crippen molar-refractivity contribution in [2.75, 3.05) is 6.79 Å². The van der Waals surface area contributed by atoms with Crippen LogP contribution in [0.5, 0.6) is 6.01 Å². The molecule has 1 aromatic heterocycles. The number of ether oxygens (including phenoxy) is 2. The fraction of sp³-hybridized carbons (Fsp3) is 0.467. The summed E-state index contributed by atoms with van der Waals surface area (Å²) in [6.07, 6.45) is 8.25. The molecule has 0 aliphatic heterocycles. The van der Waals surface area contributed by atoms with E-state index in [9.17, 15) is 0 Å². The first-order chi connectivity index (χ1) is 9.42. The van der Waals surface area contributed by atoms with Crippen molar-refractivity contribution in [3.63, 3.8) is 0 Å². The van der Waals surface area contributed by atoms with Gasteiger partial charge in [0.1, 0.15) is 0 Å². The maximum atomic E-state index is 5.70. The molecular weight excluding hydrogens is 240 g/mol. The van der Waals surface area contributed by atoms with Crippen molar-refractivity contribution in [2.45, 2.75) is 38.2 Å². The van der Waals surface area contributed by atoms with E-state index >= 15 is 0 Å². The van der Waals surface area contributed by atoms with E-state index in [1.165, 1.54) is 19.3 Å². The van der Waals surface area contributed by atoms with E-state index in [-0.39, 0.29) is 6.79 Å². The average Bonchev–Trinajstić information content (AvgIpc) is 2.48. The molecule has 0 atom stereocenters. The third kappa shape index (κ3) is 3.20. The summed E-state index contributed by atoms with van der Waals surface area (Å²) in [6.45, 7) is 0.239. The fourth-order valence-electron chi connectivity index (χ4n) is 2.44. The van der Waals surface area contributed by atoms with Crippen LogP contribution < -0.4 is 4.74 Å². The highest BCUT2D eigenvalue weighted by Gasteiger charge is 2.13. The largest absolute Gasteiger partial charge is 0.436 e. The van der Waals surface area contributed by atoms with E-state index in [0.717, 1.165) is 23.7 Å². The zero-order valence-electron chi connectivity index (χ0n) is 10.9. The number of rotatable bonds is 4. The van der Waals surface area contributed by atoms with Gasteiger partial charge in [-0.15, -0.1) is 0 Å². The average molecular weight is 258 g/mol. The Labute approximate surface area is 112 Å². The van der Waals surface area contributed by atoms with Crippen molar-refractivity contribution in [1.29, 1.82) is 0 Å². The Kier molecular flexibility index (Phi) is 3.89. The van der Waals surface area contributed by atoms with Gasteiger partial charge in [-0.2, -0.15) is 4.98 Å². The molecule has 1 aliphatic carbocycles. The van der Waals surface area contributed by atoms with E-state index in [1.807, 2.05) is 24.3 Å². The van der Waals surface area contributed by atoms with Crippen LogP contribution in [0, 0.1) is 0 Å². The monoisotopic (exact) mass is 258 g/mol. The lowest BCUT2D eigenvalue weighted by atomic mass is 9.98. The summed E-state index contributed by atoms with van der Waals surface area (Å²) in [5.41, 5.74) is 0.894. The molecule has 1 heterocycles. The molecule has 4 heteroatoms. The predicted octanol–water partition coefficient (Wildman–Crippen LogP) is 3.32. The molecule has 0 saturated heterocycles. The van der Waals surface area contributed by atoms with Crippen molar-refractivity contribution in [2.24, 2.45) is 0 Å². The summed E-state index contributed by atoms with van der Waals surface area (Å²) in [7, 11) is 0. The first-order valence-electron chi connectivity index (χ1n) is 6.88. The number of aromatic nitrogens is 2. The van der Waals surface area contributed by atoms with Crippen LogP contribution in [0.3, 0.4) is 0 Å². The third-order valence-electron chi connectivity index (χ3n) is 3.51. The molecule has 19 heavy (non-hydrogen) atoms. The van der Waals surface area contributed by atoms with Crippen LogP contribution in [-0.2, 0) is 4.74 Å². The zero-order chi connectivity index (χ0) is 12.9. The first kappa shape index (κ1) is 12.4. The number of para-hydroxylation sites is 1. The Morgan fingerprint density at radius 1 is 1.11 bits per heavy atom. The molecule has 1 aromatic carbocycles. The van der Waals surface area contributed by atoms with Crippen molar-refractivity contribution in [3.8, 4) is 6.01 Å². The van der Waals surface area contributed by atoms with E-state index in [1.54, 1.807) is 6.20 Å². The van der Waals surface area contributed by atoms with Crippen LogP contribution in [0.2, 0.25) is 0 Å². The lowest BCUT2D eigenvalue weighted by Crippen LogP contribution is -2.19. The van der Waals surface area contributed by atoms with Crippen LogP contribution in [0.15, 0.2) is 30.5 Å². The number of hydrogen-bond acceptors (Lipinski definition) is 4. The highest BCUT2D eigenvalue weighted by Crippen LogP contribution is 2.20. The predicted molar refractivity (Wildman–Crippen MR) is 73.0 cm³/mol. The topological polar surface area (TPSA) is 44.2 Å². The normalized spacial score (nSPS) is 16.6. The molecule has 0 spiro atoms. The van der Waals surface area contributed by atoms with Crippen molar-refractivity contribution in [3.05, 3.63) is 30.5 Å². The maximum absolute atomic E-state index is 5.70. The highest BCUT2D eigenvalue weighted by atomic mass is 16.7. The highest BCUT2D eigenvalue weighted by molar-refractivity contribution is 5.77. The van der Waals surface area contributed by atoms with Crippen molar-refractivity contribution in [1.82, 2.24) is 9.97 Å². The van der Waals surface area contributed by atoms with Crippen LogP contribution in [0.1, 0.15) is 32.1 Å². The third-order valence-corrected chi connectivity index (χ3v) is 3.51.